The number of nitrogens with zero attached hydrogens (tertiary/aromatic N) is 7. The molecule has 1 unspecified atom stereocenters. The van der Waals surface area contributed by atoms with Gasteiger partial charge in [-0.2, -0.15) is 5.10 Å². The molecule has 0 bridgehead atoms. The van der Waals surface area contributed by atoms with Gasteiger partial charge in [0.25, 0.3) is 0 Å². The minimum absolute atomic E-state index is 0.0515. The zero-order chi connectivity index (χ0) is 16.7. The van der Waals surface area contributed by atoms with Gasteiger partial charge in [0.05, 0.1) is 10.4 Å². The van der Waals surface area contributed by atoms with Gasteiger partial charge in [0.1, 0.15) is 24.8 Å². The number of rotatable bonds is 4. The van der Waals surface area contributed by atoms with Gasteiger partial charge in [-0.25, -0.2) is 14.5 Å². The van der Waals surface area contributed by atoms with Crippen LogP contribution < -0.4 is 0 Å². The van der Waals surface area contributed by atoms with Crippen LogP contribution in [0.15, 0.2) is 43.0 Å². The second-order valence-electron chi connectivity index (χ2n) is 5.36. The van der Waals surface area contributed by atoms with Gasteiger partial charge in [-0.05, 0) is 18.6 Å². The molecule has 4 rings (SSSR count). The van der Waals surface area contributed by atoms with Crippen molar-refractivity contribution in [1.29, 1.82) is 0 Å². The molecule has 3 heterocycles. The molecule has 9 heteroatoms. The Morgan fingerprint density at radius 2 is 2.17 bits per heavy atom. The second-order valence-corrected chi connectivity index (χ2v) is 5.36. The smallest absolute Gasteiger partial charge is 0.258 e. The van der Waals surface area contributed by atoms with E-state index in [1.807, 2.05) is 31.2 Å². The Kier molecular flexibility index (Phi) is 3.19. The summed E-state index contributed by atoms with van der Waals surface area (Å²) in [5.74, 6) is 0.550. The maximum absolute atomic E-state index is 10.9. The number of para-hydroxylation sites is 1. The molecule has 0 amide bonds. The molecule has 0 fully saturated rings. The molecule has 0 aliphatic rings. The van der Waals surface area contributed by atoms with Gasteiger partial charge in [-0.1, -0.05) is 19.1 Å². The number of nitro groups is 1. The second kappa shape index (κ2) is 5.37. The van der Waals surface area contributed by atoms with Crippen molar-refractivity contribution in [2.75, 3.05) is 0 Å². The normalized spacial score (nSPS) is 12.7. The van der Waals surface area contributed by atoms with E-state index in [2.05, 4.69) is 20.2 Å². The first-order valence-corrected chi connectivity index (χ1v) is 7.46. The maximum Gasteiger partial charge on any atom is 0.307 e. The minimum Gasteiger partial charge on any atom is -0.258 e. The molecule has 0 spiro atoms. The van der Waals surface area contributed by atoms with Gasteiger partial charge < -0.3 is 0 Å². The highest BCUT2D eigenvalue weighted by atomic mass is 16.6. The predicted octanol–water partition coefficient (Wildman–Crippen LogP) is 2.38. The molecule has 24 heavy (non-hydrogen) atoms. The van der Waals surface area contributed by atoms with E-state index < -0.39 is 4.92 Å². The van der Waals surface area contributed by atoms with E-state index in [9.17, 15) is 10.1 Å². The molecule has 0 radical (unpaired) electrons. The van der Waals surface area contributed by atoms with Gasteiger partial charge in [0.15, 0.2) is 11.5 Å². The topological polar surface area (TPSA) is 104 Å². The molecule has 1 aromatic carbocycles. The van der Waals surface area contributed by atoms with Gasteiger partial charge in [-0.15, -0.1) is 5.10 Å². The average molecular weight is 323 g/mol. The number of hydrogen-bond acceptors (Lipinski definition) is 6. The third-order valence-corrected chi connectivity index (χ3v) is 3.90. The fourth-order valence-electron chi connectivity index (χ4n) is 2.72. The van der Waals surface area contributed by atoms with E-state index in [0.29, 0.717) is 17.9 Å². The summed E-state index contributed by atoms with van der Waals surface area (Å²) >= 11 is 0. The molecule has 0 saturated heterocycles. The average Bonchev–Trinajstić information content (AvgIpc) is 3.23. The zero-order valence-electron chi connectivity index (χ0n) is 12.8. The van der Waals surface area contributed by atoms with Crippen LogP contribution in [0.5, 0.6) is 0 Å². The highest BCUT2D eigenvalue weighted by Crippen LogP contribution is 2.23. The van der Waals surface area contributed by atoms with Crippen LogP contribution in [0.3, 0.4) is 0 Å². The summed E-state index contributed by atoms with van der Waals surface area (Å²) in [4.78, 5) is 19.4. The van der Waals surface area contributed by atoms with Crippen LogP contribution in [0.25, 0.3) is 16.6 Å². The van der Waals surface area contributed by atoms with Crippen molar-refractivity contribution in [2.45, 2.75) is 19.4 Å². The lowest BCUT2D eigenvalue weighted by Crippen LogP contribution is -2.12. The summed E-state index contributed by atoms with van der Waals surface area (Å²) < 4.78 is 3.15. The van der Waals surface area contributed by atoms with Crippen molar-refractivity contribution < 1.29 is 4.92 Å². The first-order valence-electron chi connectivity index (χ1n) is 7.46. The van der Waals surface area contributed by atoms with Gasteiger partial charge in [0, 0.05) is 5.39 Å². The predicted molar refractivity (Wildman–Crippen MR) is 85.6 cm³/mol. The third kappa shape index (κ3) is 2.18. The lowest BCUT2D eigenvalue weighted by Gasteiger charge is -2.10. The number of fused-ring (bicyclic) bond motifs is 3. The Hall–Kier alpha value is -3.36. The Morgan fingerprint density at radius 1 is 1.33 bits per heavy atom. The zero-order valence-corrected chi connectivity index (χ0v) is 12.8. The van der Waals surface area contributed by atoms with Gasteiger partial charge in [0.2, 0.25) is 0 Å². The van der Waals surface area contributed by atoms with Crippen LogP contribution in [-0.4, -0.2) is 34.3 Å². The molecule has 4 aromatic rings. The molecule has 0 aliphatic carbocycles. The van der Waals surface area contributed by atoms with E-state index in [4.69, 9.17) is 0 Å². The molecular weight excluding hydrogens is 310 g/mol. The SMILES string of the molecule is CCC(c1nc2c3ccccc3ncn2n1)n1cc([N+](=O)[O-])cn1. The van der Waals surface area contributed by atoms with Crippen LogP contribution in [0.1, 0.15) is 25.2 Å². The summed E-state index contributed by atoms with van der Waals surface area (Å²) in [6, 6.07) is 7.42. The summed E-state index contributed by atoms with van der Waals surface area (Å²) in [7, 11) is 0. The lowest BCUT2D eigenvalue weighted by atomic mass is 10.2. The number of benzene rings is 1. The first kappa shape index (κ1) is 14.2. The molecule has 0 saturated carbocycles. The van der Waals surface area contributed by atoms with E-state index in [-0.39, 0.29) is 11.7 Å². The van der Waals surface area contributed by atoms with Crippen molar-refractivity contribution in [3.8, 4) is 0 Å². The molecule has 9 nitrogen and oxygen atoms in total. The number of aromatic nitrogens is 6. The number of hydrogen-bond donors (Lipinski definition) is 0. The third-order valence-electron chi connectivity index (χ3n) is 3.90. The first-order chi connectivity index (χ1) is 11.7. The molecule has 3 aromatic heterocycles. The summed E-state index contributed by atoms with van der Waals surface area (Å²) in [5.41, 5.74) is 1.49. The van der Waals surface area contributed by atoms with Crippen LogP contribution in [0.4, 0.5) is 5.69 Å². The lowest BCUT2D eigenvalue weighted by molar-refractivity contribution is -0.385. The molecular formula is C15H13N7O2. The Morgan fingerprint density at radius 3 is 2.92 bits per heavy atom. The van der Waals surface area contributed by atoms with Gasteiger partial charge in [-0.3, -0.25) is 14.8 Å². The monoisotopic (exact) mass is 323 g/mol. The van der Waals surface area contributed by atoms with E-state index in [0.717, 1.165) is 10.9 Å². The molecule has 1 atom stereocenters. The van der Waals surface area contributed by atoms with E-state index in [1.165, 1.54) is 17.1 Å². The van der Waals surface area contributed by atoms with E-state index >= 15 is 0 Å². The summed E-state index contributed by atoms with van der Waals surface area (Å²) in [6.07, 6.45) is 4.90. The Labute approximate surface area is 135 Å². The van der Waals surface area contributed by atoms with E-state index in [1.54, 1.807) is 10.8 Å². The Bertz CT molecular complexity index is 1050. The molecule has 0 aliphatic heterocycles. The van der Waals surface area contributed by atoms with Crippen molar-refractivity contribution >= 4 is 22.2 Å². The van der Waals surface area contributed by atoms with Crippen molar-refractivity contribution in [2.24, 2.45) is 0 Å². The van der Waals surface area contributed by atoms with Crippen molar-refractivity contribution in [3.05, 3.63) is 58.9 Å². The molecule has 0 N–H and O–H groups in total. The molecule has 120 valence electrons. The Balaban J connectivity index is 1.84. The highest BCUT2D eigenvalue weighted by molar-refractivity contribution is 5.90. The highest BCUT2D eigenvalue weighted by Gasteiger charge is 2.21. The summed E-state index contributed by atoms with van der Waals surface area (Å²) in [6.45, 7) is 1.96. The van der Waals surface area contributed by atoms with Crippen LogP contribution in [-0.2, 0) is 0 Å². The van der Waals surface area contributed by atoms with Crippen LogP contribution in [0.2, 0.25) is 0 Å². The van der Waals surface area contributed by atoms with Crippen molar-refractivity contribution in [1.82, 2.24) is 29.4 Å². The van der Waals surface area contributed by atoms with Gasteiger partial charge >= 0.3 is 5.69 Å². The minimum atomic E-state index is -0.468. The fourth-order valence-corrected chi connectivity index (χ4v) is 2.72. The summed E-state index contributed by atoms with van der Waals surface area (Å²) in [5, 5.41) is 20.3. The van der Waals surface area contributed by atoms with Crippen LogP contribution in [0, 0.1) is 10.1 Å². The fraction of sp³-hybridized carbons (Fsp3) is 0.200. The standard InChI is InChI=1S/C15H13N7O2/c1-2-13(20-8-10(7-17-20)22(23)24)14-18-15-11-5-3-4-6-12(11)16-9-21(15)19-14/h3-9,13H,2H2,1H3. The quantitative estimate of drug-likeness (QED) is 0.422. The van der Waals surface area contributed by atoms with Crippen LogP contribution >= 0.6 is 0 Å². The maximum atomic E-state index is 10.9. The largest absolute Gasteiger partial charge is 0.307 e. The van der Waals surface area contributed by atoms with Crippen molar-refractivity contribution in [3.63, 3.8) is 0 Å².